The molecular formula is C15H12ClFN2OS. The van der Waals surface area contributed by atoms with Crippen LogP contribution in [0.2, 0.25) is 5.02 Å². The number of halogens is 2. The van der Waals surface area contributed by atoms with Crippen molar-refractivity contribution in [1.82, 2.24) is 10.3 Å². The molecule has 6 heteroatoms. The number of thiophene rings is 1. The second kappa shape index (κ2) is 5.87. The van der Waals surface area contributed by atoms with Gasteiger partial charge in [0.1, 0.15) is 11.5 Å². The van der Waals surface area contributed by atoms with Crippen LogP contribution >= 0.6 is 22.9 Å². The van der Waals surface area contributed by atoms with Gasteiger partial charge in [-0.1, -0.05) is 23.7 Å². The van der Waals surface area contributed by atoms with Gasteiger partial charge < -0.3 is 10.3 Å². The van der Waals surface area contributed by atoms with Crippen LogP contribution in [0.3, 0.4) is 0 Å². The molecule has 0 aliphatic carbocycles. The highest BCUT2D eigenvalue weighted by Crippen LogP contribution is 2.29. The summed E-state index contributed by atoms with van der Waals surface area (Å²) in [6, 6.07) is 8.05. The van der Waals surface area contributed by atoms with Gasteiger partial charge >= 0.3 is 0 Å². The summed E-state index contributed by atoms with van der Waals surface area (Å²) in [4.78, 5) is 15.0. The average Bonchev–Trinajstić information content (AvgIpc) is 3.04. The molecule has 2 N–H and O–H groups in total. The van der Waals surface area contributed by atoms with E-state index in [1.54, 1.807) is 18.2 Å². The third-order valence-corrected chi connectivity index (χ3v) is 4.52. The van der Waals surface area contributed by atoms with Gasteiger partial charge in [0.05, 0.1) is 15.2 Å². The molecule has 0 atom stereocenters. The van der Waals surface area contributed by atoms with Crippen LogP contribution in [0.4, 0.5) is 4.39 Å². The van der Waals surface area contributed by atoms with Gasteiger partial charge in [0.15, 0.2) is 0 Å². The summed E-state index contributed by atoms with van der Waals surface area (Å²) in [7, 11) is 0. The molecule has 0 aliphatic rings. The van der Waals surface area contributed by atoms with Crippen LogP contribution < -0.4 is 5.32 Å². The fraction of sp³-hybridized carbons (Fsp3) is 0.133. The minimum Gasteiger partial charge on any atom is -0.350 e. The lowest BCUT2D eigenvalue weighted by molar-refractivity contribution is 0.0950. The molecule has 3 aromatic rings. The second-order valence-corrected chi connectivity index (χ2v) is 5.96. The van der Waals surface area contributed by atoms with E-state index in [1.165, 1.54) is 23.5 Å². The fourth-order valence-corrected chi connectivity index (χ4v) is 3.22. The van der Waals surface area contributed by atoms with Crippen molar-refractivity contribution in [2.75, 3.05) is 6.54 Å². The first kappa shape index (κ1) is 14.1. The first-order valence-corrected chi connectivity index (χ1v) is 7.67. The number of hydrogen-bond acceptors (Lipinski definition) is 2. The van der Waals surface area contributed by atoms with E-state index in [9.17, 15) is 9.18 Å². The van der Waals surface area contributed by atoms with Gasteiger partial charge in [-0.25, -0.2) is 4.39 Å². The summed E-state index contributed by atoms with van der Waals surface area (Å²) in [5.41, 5.74) is 2.27. The Hall–Kier alpha value is -1.85. The Labute approximate surface area is 129 Å². The van der Waals surface area contributed by atoms with Crippen LogP contribution in [0, 0.1) is 5.82 Å². The van der Waals surface area contributed by atoms with Gasteiger partial charge in [-0.2, -0.15) is 0 Å². The Morgan fingerprint density at radius 1 is 1.33 bits per heavy atom. The second-order valence-electron chi connectivity index (χ2n) is 4.64. The van der Waals surface area contributed by atoms with Crippen molar-refractivity contribution >= 4 is 39.1 Å². The quantitative estimate of drug-likeness (QED) is 0.749. The molecule has 108 valence electrons. The van der Waals surface area contributed by atoms with Crippen LogP contribution in [0.25, 0.3) is 10.2 Å². The third kappa shape index (κ3) is 3.09. The number of benzene rings is 1. The highest BCUT2D eigenvalue weighted by molar-refractivity contribution is 7.17. The van der Waals surface area contributed by atoms with E-state index in [-0.39, 0.29) is 11.7 Å². The molecule has 0 spiro atoms. The van der Waals surface area contributed by atoms with Crippen molar-refractivity contribution in [3.05, 3.63) is 57.8 Å². The van der Waals surface area contributed by atoms with E-state index in [4.69, 9.17) is 11.6 Å². The molecule has 0 saturated heterocycles. The van der Waals surface area contributed by atoms with E-state index in [1.807, 2.05) is 5.38 Å². The Kier molecular flexibility index (Phi) is 3.94. The molecule has 1 aromatic carbocycles. The van der Waals surface area contributed by atoms with Crippen molar-refractivity contribution in [2.24, 2.45) is 0 Å². The van der Waals surface area contributed by atoms with Gasteiger partial charge in [-0.15, -0.1) is 11.3 Å². The number of hydrogen-bond donors (Lipinski definition) is 2. The van der Waals surface area contributed by atoms with E-state index < -0.39 is 0 Å². The molecule has 0 saturated carbocycles. The molecule has 3 rings (SSSR count). The lowest BCUT2D eigenvalue weighted by Gasteiger charge is -2.04. The monoisotopic (exact) mass is 322 g/mol. The average molecular weight is 323 g/mol. The molecule has 1 amide bonds. The van der Waals surface area contributed by atoms with Crippen LogP contribution in [0.5, 0.6) is 0 Å². The maximum absolute atomic E-state index is 12.8. The number of aromatic nitrogens is 1. The molecule has 3 nitrogen and oxygen atoms in total. The topological polar surface area (TPSA) is 44.9 Å². The van der Waals surface area contributed by atoms with Crippen molar-refractivity contribution < 1.29 is 9.18 Å². The maximum atomic E-state index is 12.8. The molecular weight excluding hydrogens is 311 g/mol. The van der Waals surface area contributed by atoms with Gasteiger partial charge in [0, 0.05) is 11.9 Å². The van der Waals surface area contributed by atoms with E-state index in [0.29, 0.717) is 23.7 Å². The number of nitrogens with one attached hydrogen (secondary N) is 2. The van der Waals surface area contributed by atoms with Crippen molar-refractivity contribution in [3.8, 4) is 0 Å². The Morgan fingerprint density at radius 3 is 2.81 bits per heavy atom. The van der Waals surface area contributed by atoms with Crippen LogP contribution in [-0.4, -0.2) is 17.4 Å². The number of aromatic amines is 1. The number of amides is 1. The minimum absolute atomic E-state index is 0.170. The lowest BCUT2D eigenvalue weighted by atomic mass is 10.1. The first-order valence-electron chi connectivity index (χ1n) is 6.42. The number of carbonyl (C=O) groups excluding carboxylic acids is 1. The van der Waals surface area contributed by atoms with Gasteiger partial charge in [0.25, 0.3) is 5.91 Å². The van der Waals surface area contributed by atoms with Crippen LogP contribution in [-0.2, 0) is 6.42 Å². The molecule has 0 fully saturated rings. The lowest BCUT2D eigenvalue weighted by Crippen LogP contribution is -2.25. The Bertz CT molecular complexity index is 779. The summed E-state index contributed by atoms with van der Waals surface area (Å²) >= 11 is 7.50. The van der Waals surface area contributed by atoms with E-state index in [2.05, 4.69) is 10.3 Å². The van der Waals surface area contributed by atoms with Crippen molar-refractivity contribution in [1.29, 1.82) is 0 Å². The Morgan fingerprint density at radius 2 is 2.10 bits per heavy atom. The van der Waals surface area contributed by atoms with Gasteiger partial charge in [-0.05, 0) is 30.2 Å². The van der Waals surface area contributed by atoms with Crippen molar-refractivity contribution in [3.63, 3.8) is 0 Å². The zero-order valence-corrected chi connectivity index (χ0v) is 12.5. The zero-order chi connectivity index (χ0) is 14.8. The molecule has 0 bridgehead atoms. The summed E-state index contributed by atoms with van der Waals surface area (Å²) in [6.45, 7) is 0.491. The largest absolute Gasteiger partial charge is 0.350 e. The minimum atomic E-state index is -0.258. The highest BCUT2D eigenvalue weighted by Gasteiger charge is 2.12. The van der Waals surface area contributed by atoms with Crippen LogP contribution in [0.15, 0.2) is 35.7 Å². The molecule has 0 radical (unpaired) electrons. The molecule has 0 unspecified atom stereocenters. The molecule has 21 heavy (non-hydrogen) atoms. The SMILES string of the molecule is O=C(NCCc1ccc(F)cc1)c1cc2scc(Cl)c2[nH]1. The van der Waals surface area contributed by atoms with Gasteiger partial charge in [0.2, 0.25) is 0 Å². The number of carbonyl (C=O) groups is 1. The Balaban J connectivity index is 1.59. The number of rotatable bonds is 4. The van der Waals surface area contributed by atoms with Gasteiger partial charge in [-0.3, -0.25) is 4.79 Å². The number of H-pyrrole nitrogens is 1. The van der Waals surface area contributed by atoms with E-state index in [0.717, 1.165) is 15.8 Å². The normalized spacial score (nSPS) is 11.0. The molecule has 0 aliphatic heterocycles. The maximum Gasteiger partial charge on any atom is 0.267 e. The fourth-order valence-electron chi connectivity index (χ4n) is 2.07. The smallest absolute Gasteiger partial charge is 0.267 e. The summed E-state index contributed by atoms with van der Waals surface area (Å²) in [5.74, 6) is -0.428. The summed E-state index contributed by atoms with van der Waals surface area (Å²) in [5, 5.41) is 5.29. The van der Waals surface area contributed by atoms with E-state index >= 15 is 0 Å². The standard InChI is InChI=1S/C15H12ClFN2OS/c16-11-8-21-13-7-12(19-14(11)13)15(20)18-6-5-9-1-3-10(17)4-2-9/h1-4,7-8,19H,5-6H2,(H,18,20). The summed E-state index contributed by atoms with van der Waals surface area (Å²) < 4.78 is 13.7. The first-order chi connectivity index (χ1) is 10.1. The molecule has 2 heterocycles. The van der Waals surface area contributed by atoms with Crippen LogP contribution in [0.1, 0.15) is 16.1 Å². The summed E-state index contributed by atoms with van der Waals surface area (Å²) in [6.07, 6.45) is 0.655. The van der Waals surface area contributed by atoms with Crippen molar-refractivity contribution in [2.45, 2.75) is 6.42 Å². The number of fused-ring (bicyclic) bond motifs is 1. The molecule has 2 aromatic heterocycles. The predicted molar refractivity (Wildman–Crippen MR) is 83.6 cm³/mol. The zero-order valence-electron chi connectivity index (χ0n) is 11.0. The predicted octanol–water partition coefficient (Wildman–Crippen LogP) is 3.99. The highest BCUT2D eigenvalue weighted by atomic mass is 35.5. The third-order valence-electron chi connectivity index (χ3n) is 3.17.